The van der Waals surface area contributed by atoms with Gasteiger partial charge in [-0.2, -0.15) is 0 Å². The lowest BCUT2D eigenvalue weighted by Gasteiger charge is -2.10. The smallest absolute Gasteiger partial charge is 0.256 e. The zero-order chi connectivity index (χ0) is 15.6. The molecule has 0 aromatic heterocycles. The molecule has 0 radical (unpaired) electrons. The van der Waals surface area contributed by atoms with Crippen molar-refractivity contribution in [3.05, 3.63) is 63.9 Å². The van der Waals surface area contributed by atoms with E-state index in [1.807, 2.05) is 0 Å². The highest BCUT2D eigenvalue weighted by molar-refractivity contribution is 6.34. The number of carbonyl (C=O) groups is 2. The summed E-state index contributed by atoms with van der Waals surface area (Å²) in [5, 5.41) is 2.91. The van der Waals surface area contributed by atoms with Crippen LogP contribution in [0.25, 0.3) is 0 Å². The van der Waals surface area contributed by atoms with Crippen LogP contribution in [0.5, 0.6) is 0 Å². The molecule has 0 aliphatic carbocycles. The number of nitrogens with one attached hydrogen (secondary N) is 1. The van der Waals surface area contributed by atoms with E-state index in [1.54, 1.807) is 13.0 Å². The summed E-state index contributed by atoms with van der Waals surface area (Å²) in [4.78, 5) is 23.6. The topological polar surface area (TPSA) is 46.2 Å². The van der Waals surface area contributed by atoms with Crippen LogP contribution in [0.3, 0.4) is 0 Å². The molecule has 0 saturated carbocycles. The van der Waals surface area contributed by atoms with Crippen LogP contribution in [0.2, 0.25) is 5.02 Å². The van der Waals surface area contributed by atoms with E-state index >= 15 is 0 Å². The summed E-state index contributed by atoms with van der Waals surface area (Å²) in [5.41, 5.74) is 1.62. The Bertz CT molecular complexity index is 728. The van der Waals surface area contributed by atoms with Crippen molar-refractivity contribution in [3.63, 3.8) is 0 Å². The molecule has 5 heteroatoms. The maximum Gasteiger partial charge on any atom is 0.256 e. The first kappa shape index (κ1) is 15.2. The normalized spacial score (nSPS) is 10.3. The van der Waals surface area contributed by atoms with Crippen molar-refractivity contribution < 1.29 is 14.0 Å². The predicted octanol–water partition coefficient (Wildman–Crippen LogP) is 4.24. The number of benzene rings is 2. The molecule has 21 heavy (non-hydrogen) atoms. The Balaban J connectivity index is 2.33. The summed E-state index contributed by atoms with van der Waals surface area (Å²) in [5.74, 6) is -1.10. The van der Waals surface area contributed by atoms with Crippen LogP contribution < -0.4 is 5.32 Å². The molecule has 0 aliphatic rings. The van der Waals surface area contributed by atoms with Crippen LogP contribution in [0, 0.1) is 12.7 Å². The molecular formula is C16H13ClFNO2. The number of amides is 1. The molecule has 0 aliphatic heterocycles. The third-order valence-electron chi connectivity index (χ3n) is 3.07. The van der Waals surface area contributed by atoms with Gasteiger partial charge in [0.2, 0.25) is 0 Å². The maximum atomic E-state index is 13.2. The van der Waals surface area contributed by atoms with Gasteiger partial charge in [-0.25, -0.2) is 4.39 Å². The second kappa shape index (κ2) is 6.06. The van der Waals surface area contributed by atoms with E-state index in [-0.39, 0.29) is 11.3 Å². The minimum Gasteiger partial charge on any atom is -0.321 e. The Kier molecular flexibility index (Phi) is 4.38. The lowest BCUT2D eigenvalue weighted by atomic mass is 10.1. The van der Waals surface area contributed by atoms with Gasteiger partial charge in [-0.15, -0.1) is 0 Å². The third kappa shape index (κ3) is 3.47. The molecule has 2 aromatic rings. The van der Waals surface area contributed by atoms with Crippen LogP contribution in [-0.4, -0.2) is 11.7 Å². The Morgan fingerprint density at radius 1 is 1.14 bits per heavy atom. The second-order valence-electron chi connectivity index (χ2n) is 4.66. The highest BCUT2D eigenvalue weighted by Crippen LogP contribution is 2.24. The second-order valence-corrected chi connectivity index (χ2v) is 5.07. The molecule has 108 valence electrons. The quantitative estimate of drug-likeness (QED) is 0.862. The molecule has 0 heterocycles. The molecule has 0 atom stereocenters. The van der Waals surface area contributed by atoms with Gasteiger partial charge < -0.3 is 5.32 Å². The first-order valence-corrected chi connectivity index (χ1v) is 6.64. The van der Waals surface area contributed by atoms with E-state index in [1.165, 1.54) is 31.2 Å². The van der Waals surface area contributed by atoms with Gasteiger partial charge >= 0.3 is 0 Å². The largest absolute Gasteiger partial charge is 0.321 e. The monoisotopic (exact) mass is 305 g/mol. The molecule has 0 spiro atoms. The Morgan fingerprint density at radius 2 is 1.86 bits per heavy atom. The van der Waals surface area contributed by atoms with E-state index in [9.17, 15) is 14.0 Å². The zero-order valence-corrected chi connectivity index (χ0v) is 12.3. The van der Waals surface area contributed by atoms with Crippen molar-refractivity contribution in [2.45, 2.75) is 13.8 Å². The van der Waals surface area contributed by atoms with Gasteiger partial charge in [-0.1, -0.05) is 17.7 Å². The number of hydrogen-bond donors (Lipinski definition) is 1. The summed E-state index contributed by atoms with van der Waals surface area (Å²) in [7, 11) is 0. The average Bonchev–Trinajstić information content (AvgIpc) is 2.43. The minimum atomic E-state index is -0.491. The number of rotatable bonds is 3. The number of carbonyl (C=O) groups excluding carboxylic acids is 2. The molecule has 3 nitrogen and oxygen atoms in total. The molecule has 1 amide bonds. The summed E-state index contributed by atoms with van der Waals surface area (Å²) in [6.45, 7) is 3.13. The Morgan fingerprint density at radius 3 is 2.52 bits per heavy atom. The number of Topliss-reactive ketones (excluding diaryl/α,β-unsaturated/α-hetero) is 1. The number of halogens is 2. The van der Waals surface area contributed by atoms with Crippen molar-refractivity contribution in [2.24, 2.45) is 0 Å². The van der Waals surface area contributed by atoms with Gasteiger partial charge in [0.05, 0.1) is 10.7 Å². The molecule has 0 unspecified atom stereocenters. The number of aryl methyl sites for hydroxylation is 1. The molecule has 0 saturated heterocycles. The van der Waals surface area contributed by atoms with E-state index in [2.05, 4.69) is 5.32 Å². The molecule has 2 rings (SSSR count). The number of anilines is 1. The van der Waals surface area contributed by atoms with E-state index < -0.39 is 11.7 Å². The van der Waals surface area contributed by atoms with Gasteiger partial charge in [-0.05, 0) is 49.7 Å². The fourth-order valence-corrected chi connectivity index (χ4v) is 2.03. The van der Waals surface area contributed by atoms with Crippen molar-refractivity contribution in [1.29, 1.82) is 0 Å². The molecular weight excluding hydrogens is 293 g/mol. The molecule has 0 fully saturated rings. The first-order chi connectivity index (χ1) is 9.88. The lowest BCUT2D eigenvalue weighted by molar-refractivity contribution is 0.101. The standard InChI is InChI=1S/C16H13ClFNO2/c1-9-3-5-12(18)8-13(9)16(21)19-15-7-11(10(2)20)4-6-14(15)17/h3-8H,1-2H3,(H,19,21). The van der Waals surface area contributed by atoms with Crippen LogP contribution >= 0.6 is 11.6 Å². The average molecular weight is 306 g/mol. The van der Waals surface area contributed by atoms with E-state index in [0.29, 0.717) is 21.8 Å². The summed E-state index contributed by atoms with van der Waals surface area (Å²) >= 11 is 6.00. The number of hydrogen-bond acceptors (Lipinski definition) is 2. The SMILES string of the molecule is CC(=O)c1ccc(Cl)c(NC(=O)c2cc(F)ccc2C)c1. The Labute approximate surface area is 126 Å². The van der Waals surface area contributed by atoms with Gasteiger partial charge in [0.1, 0.15) is 5.82 Å². The van der Waals surface area contributed by atoms with Crippen molar-refractivity contribution in [2.75, 3.05) is 5.32 Å². The van der Waals surface area contributed by atoms with Crippen molar-refractivity contribution in [3.8, 4) is 0 Å². The highest BCUT2D eigenvalue weighted by atomic mass is 35.5. The van der Waals surface area contributed by atoms with Gasteiger partial charge in [0.15, 0.2) is 5.78 Å². The van der Waals surface area contributed by atoms with Crippen LogP contribution in [0.15, 0.2) is 36.4 Å². The van der Waals surface area contributed by atoms with Crippen molar-refractivity contribution >= 4 is 29.0 Å². The van der Waals surface area contributed by atoms with Crippen LogP contribution in [-0.2, 0) is 0 Å². The Hall–Kier alpha value is -2.20. The van der Waals surface area contributed by atoms with Gasteiger partial charge in [0.25, 0.3) is 5.91 Å². The molecule has 1 N–H and O–H groups in total. The fraction of sp³-hybridized carbons (Fsp3) is 0.125. The third-order valence-corrected chi connectivity index (χ3v) is 3.39. The summed E-state index contributed by atoms with van der Waals surface area (Å²) < 4.78 is 13.2. The van der Waals surface area contributed by atoms with Crippen LogP contribution in [0.1, 0.15) is 33.2 Å². The highest BCUT2D eigenvalue weighted by Gasteiger charge is 2.13. The maximum absolute atomic E-state index is 13.2. The summed E-state index contributed by atoms with van der Waals surface area (Å²) in [6, 6.07) is 8.58. The molecule has 2 aromatic carbocycles. The minimum absolute atomic E-state index is 0.135. The predicted molar refractivity (Wildman–Crippen MR) is 80.5 cm³/mol. The first-order valence-electron chi connectivity index (χ1n) is 6.26. The van der Waals surface area contributed by atoms with Gasteiger partial charge in [0, 0.05) is 11.1 Å². The lowest BCUT2D eigenvalue weighted by Crippen LogP contribution is -2.14. The van der Waals surface area contributed by atoms with Crippen LogP contribution in [0.4, 0.5) is 10.1 Å². The fourth-order valence-electron chi connectivity index (χ4n) is 1.87. The van der Waals surface area contributed by atoms with E-state index in [0.717, 1.165) is 6.07 Å². The molecule has 0 bridgehead atoms. The zero-order valence-electron chi connectivity index (χ0n) is 11.5. The summed E-state index contributed by atoms with van der Waals surface area (Å²) in [6.07, 6.45) is 0. The van der Waals surface area contributed by atoms with Gasteiger partial charge in [-0.3, -0.25) is 9.59 Å². The number of ketones is 1. The van der Waals surface area contributed by atoms with Crippen molar-refractivity contribution in [1.82, 2.24) is 0 Å². The van der Waals surface area contributed by atoms with E-state index in [4.69, 9.17) is 11.6 Å².